The molecule has 0 spiro atoms. The first kappa shape index (κ1) is 17.4. The molecule has 0 radical (unpaired) electrons. The zero-order valence-electron chi connectivity index (χ0n) is 13.8. The Morgan fingerprint density at radius 1 is 1.38 bits per heavy atom. The summed E-state index contributed by atoms with van der Waals surface area (Å²) in [6.07, 6.45) is 7.41. The molecule has 1 aromatic heterocycles. The van der Waals surface area contributed by atoms with E-state index in [2.05, 4.69) is 10.3 Å². The lowest BCUT2D eigenvalue weighted by molar-refractivity contribution is -0.132. The summed E-state index contributed by atoms with van der Waals surface area (Å²) < 4.78 is 33.2. The molecule has 1 amide bonds. The monoisotopic (exact) mass is 356 g/mol. The average molecular weight is 356 g/mol. The van der Waals surface area contributed by atoms with Gasteiger partial charge in [0.1, 0.15) is 5.54 Å². The molecule has 2 heterocycles. The molecule has 2 fully saturated rings. The molecule has 8 nitrogen and oxygen atoms in total. The van der Waals surface area contributed by atoms with E-state index in [-0.39, 0.29) is 11.2 Å². The highest BCUT2D eigenvalue weighted by molar-refractivity contribution is 7.90. The van der Waals surface area contributed by atoms with Gasteiger partial charge in [-0.15, -0.1) is 0 Å². The fourth-order valence-electron chi connectivity index (χ4n) is 3.23. The van der Waals surface area contributed by atoms with Gasteiger partial charge in [-0.3, -0.25) is 4.79 Å². The fraction of sp³-hybridized carbons (Fsp3) is 0.733. The van der Waals surface area contributed by atoms with Crippen LogP contribution < -0.4 is 5.32 Å². The van der Waals surface area contributed by atoms with Crippen LogP contribution in [-0.4, -0.2) is 66.8 Å². The first-order valence-electron chi connectivity index (χ1n) is 8.25. The van der Waals surface area contributed by atoms with Crippen LogP contribution in [0.4, 0.5) is 0 Å². The summed E-state index contributed by atoms with van der Waals surface area (Å²) in [5.74, 6) is -0.110. The van der Waals surface area contributed by atoms with Gasteiger partial charge in [-0.2, -0.15) is 0 Å². The van der Waals surface area contributed by atoms with Crippen LogP contribution in [-0.2, 0) is 25.1 Å². The number of sulfonamides is 1. The van der Waals surface area contributed by atoms with Crippen molar-refractivity contribution in [2.75, 3.05) is 33.4 Å². The number of nitrogens with one attached hydrogen (secondary N) is 1. The molecule has 0 aromatic carbocycles. The molecule has 24 heavy (non-hydrogen) atoms. The van der Waals surface area contributed by atoms with Gasteiger partial charge in [0.25, 0.3) is 0 Å². The second-order valence-corrected chi connectivity index (χ2v) is 8.61. The number of aromatic nitrogens is 2. The Labute approximate surface area is 142 Å². The molecule has 1 aliphatic heterocycles. The van der Waals surface area contributed by atoms with Crippen LogP contribution in [0.5, 0.6) is 0 Å². The first-order chi connectivity index (χ1) is 11.5. The van der Waals surface area contributed by atoms with Gasteiger partial charge in [0, 0.05) is 39.1 Å². The normalized spacial score (nSPS) is 21.5. The molecule has 1 saturated carbocycles. The van der Waals surface area contributed by atoms with Crippen LogP contribution in [0, 0.1) is 0 Å². The van der Waals surface area contributed by atoms with Gasteiger partial charge in [0.05, 0.1) is 18.2 Å². The number of hydrogen-bond acceptors (Lipinski definition) is 5. The molecule has 134 valence electrons. The van der Waals surface area contributed by atoms with Crippen LogP contribution in [0.2, 0.25) is 0 Å². The highest BCUT2D eigenvalue weighted by atomic mass is 32.2. The summed E-state index contributed by atoms with van der Waals surface area (Å²) in [5.41, 5.74) is -0.792. The van der Waals surface area contributed by atoms with Crippen molar-refractivity contribution in [1.82, 2.24) is 19.2 Å². The molecule has 0 unspecified atom stereocenters. The third-order valence-corrected chi connectivity index (χ3v) is 7.27. The number of hydrogen-bond donors (Lipinski definition) is 1. The highest BCUT2D eigenvalue weighted by Gasteiger charge is 2.47. The van der Waals surface area contributed by atoms with Crippen molar-refractivity contribution >= 4 is 15.9 Å². The second kappa shape index (κ2) is 6.81. The Balaban J connectivity index is 1.75. The van der Waals surface area contributed by atoms with Crippen LogP contribution in [0.1, 0.15) is 25.7 Å². The van der Waals surface area contributed by atoms with Gasteiger partial charge in [-0.05, 0) is 25.7 Å². The summed E-state index contributed by atoms with van der Waals surface area (Å²) in [4.78, 5) is 16.9. The largest absolute Gasteiger partial charge is 0.383 e. The minimum Gasteiger partial charge on any atom is -0.383 e. The minimum absolute atomic E-state index is 0.110. The number of rotatable bonds is 7. The Kier molecular flexibility index (Phi) is 4.93. The molecule has 1 aliphatic carbocycles. The molecular weight excluding hydrogens is 332 g/mol. The second-order valence-electron chi connectivity index (χ2n) is 6.39. The van der Waals surface area contributed by atoms with Crippen molar-refractivity contribution in [2.45, 2.75) is 36.5 Å². The number of methoxy groups -OCH3 is 1. The minimum atomic E-state index is -3.20. The van der Waals surface area contributed by atoms with Crippen LogP contribution in [0.25, 0.3) is 0 Å². The van der Waals surface area contributed by atoms with E-state index < -0.39 is 15.6 Å². The molecule has 9 heteroatoms. The third-order valence-electron chi connectivity index (χ3n) is 4.87. The number of nitrogens with zero attached hydrogens (tertiary/aromatic N) is 3. The number of ether oxygens (including phenoxy) is 1. The Bertz CT molecular complexity index is 662. The first-order valence-corrected chi connectivity index (χ1v) is 9.76. The molecule has 2 aliphatic rings. The average Bonchev–Trinajstić information content (AvgIpc) is 3.31. The van der Waals surface area contributed by atoms with E-state index in [1.807, 2.05) is 0 Å². The van der Waals surface area contributed by atoms with Gasteiger partial charge in [0.2, 0.25) is 15.9 Å². The topological polar surface area (TPSA) is 93.5 Å². The predicted octanol–water partition coefficient (Wildman–Crippen LogP) is -0.0710. The van der Waals surface area contributed by atoms with Crippen molar-refractivity contribution in [3.05, 3.63) is 18.7 Å². The lowest BCUT2D eigenvalue weighted by Crippen LogP contribution is -2.56. The summed E-state index contributed by atoms with van der Waals surface area (Å²) >= 11 is 0. The maximum absolute atomic E-state index is 12.8. The van der Waals surface area contributed by atoms with Crippen LogP contribution >= 0.6 is 0 Å². The van der Waals surface area contributed by atoms with Crippen LogP contribution in [0.15, 0.2) is 18.7 Å². The van der Waals surface area contributed by atoms with Crippen LogP contribution in [0.3, 0.4) is 0 Å². The molecule has 3 rings (SSSR count). The van der Waals surface area contributed by atoms with Gasteiger partial charge in [-0.1, -0.05) is 0 Å². The van der Waals surface area contributed by atoms with E-state index in [9.17, 15) is 13.2 Å². The molecule has 1 N–H and O–H groups in total. The maximum atomic E-state index is 12.8. The summed E-state index contributed by atoms with van der Waals surface area (Å²) in [6.45, 7) is 1.58. The number of imidazole rings is 1. The number of carbonyl (C=O) groups excluding carboxylic acids is 1. The van der Waals surface area contributed by atoms with Gasteiger partial charge >= 0.3 is 0 Å². The molecule has 0 atom stereocenters. The van der Waals surface area contributed by atoms with Crippen molar-refractivity contribution < 1.29 is 17.9 Å². The number of piperidine rings is 1. The number of amides is 1. The van der Waals surface area contributed by atoms with Crippen molar-refractivity contribution in [1.29, 1.82) is 0 Å². The Morgan fingerprint density at radius 3 is 2.62 bits per heavy atom. The lowest BCUT2D eigenvalue weighted by atomic mass is 9.87. The molecule has 1 saturated heterocycles. The van der Waals surface area contributed by atoms with E-state index in [0.717, 1.165) is 12.8 Å². The van der Waals surface area contributed by atoms with E-state index in [1.54, 1.807) is 34.7 Å². The lowest BCUT2D eigenvalue weighted by Gasteiger charge is -2.40. The summed E-state index contributed by atoms with van der Waals surface area (Å²) in [6, 6.07) is 0. The SMILES string of the molecule is COCCNC(=O)C1(n2ccnc2)CCN(S(=O)(=O)C2CC2)CC1. The van der Waals surface area contributed by atoms with Crippen molar-refractivity contribution in [3.8, 4) is 0 Å². The van der Waals surface area contributed by atoms with E-state index in [0.29, 0.717) is 39.1 Å². The van der Waals surface area contributed by atoms with Crippen molar-refractivity contribution in [2.24, 2.45) is 0 Å². The smallest absolute Gasteiger partial charge is 0.246 e. The van der Waals surface area contributed by atoms with Gasteiger partial charge in [0.15, 0.2) is 0 Å². The van der Waals surface area contributed by atoms with Gasteiger partial charge in [-0.25, -0.2) is 17.7 Å². The zero-order valence-corrected chi connectivity index (χ0v) is 14.7. The summed E-state index contributed by atoms with van der Waals surface area (Å²) in [7, 11) is -1.62. The molecular formula is C15H24N4O4S. The Morgan fingerprint density at radius 2 is 2.08 bits per heavy atom. The standard InChI is InChI=1S/C15H24N4O4S/c1-23-11-7-17-14(20)15(18-10-6-16-12-18)4-8-19(9-5-15)24(21,22)13-2-3-13/h6,10,12-13H,2-5,7-9,11H2,1H3,(H,17,20). The third kappa shape index (κ3) is 3.20. The van der Waals surface area contributed by atoms with E-state index in [4.69, 9.17) is 4.74 Å². The van der Waals surface area contributed by atoms with Crippen molar-refractivity contribution in [3.63, 3.8) is 0 Å². The van der Waals surface area contributed by atoms with E-state index >= 15 is 0 Å². The summed E-state index contributed by atoms with van der Waals surface area (Å²) in [5, 5.41) is 2.68. The van der Waals surface area contributed by atoms with Gasteiger partial charge < -0.3 is 14.6 Å². The zero-order chi connectivity index (χ0) is 17.2. The number of carbonyl (C=O) groups is 1. The Hall–Kier alpha value is -1.45. The maximum Gasteiger partial charge on any atom is 0.246 e. The van der Waals surface area contributed by atoms with E-state index in [1.165, 1.54) is 0 Å². The quantitative estimate of drug-likeness (QED) is 0.690. The fourth-order valence-corrected chi connectivity index (χ4v) is 5.08. The predicted molar refractivity (Wildman–Crippen MR) is 87.8 cm³/mol. The highest BCUT2D eigenvalue weighted by Crippen LogP contribution is 2.36. The molecule has 1 aromatic rings. The molecule has 0 bridgehead atoms.